The summed E-state index contributed by atoms with van der Waals surface area (Å²) in [7, 11) is 1.29. The normalized spacial score (nSPS) is 10.4. The molecule has 0 aliphatic carbocycles. The minimum absolute atomic E-state index is 0.0625. The van der Waals surface area contributed by atoms with Gasteiger partial charge >= 0.3 is 5.97 Å². The van der Waals surface area contributed by atoms with Gasteiger partial charge < -0.3 is 10.1 Å². The van der Waals surface area contributed by atoms with Crippen LogP contribution in [0.5, 0.6) is 0 Å². The van der Waals surface area contributed by atoms with Crippen LogP contribution in [0.3, 0.4) is 0 Å². The molecule has 100 valence electrons. The van der Waals surface area contributed by atoms with Gasteiger partial charge in [-0.15, -0.1) is 0 Å². The van der Waals surface area contributed by atoms with E-state index in [1.54, 1.807) is 29.8 Å². The molecular weight excluding hydrogens is 248 g/mol. The Labute approximate surface area is 109 Å². The van der Waals surface area contributed by atoms with Crippen molar-refractivity contribution < 1.29 is 14.3 Å². The summed E-state index contributed by atoms with van der Waals surface area (Å²) in [5.41, 5.74) is 1.32. The molecule has 7 nitrogen and oxygen atoms in total. The molecule has 0 saturated carbocycles. The zero-order valence-corrected chi connectivity index (χ0v) is 10.7. The number of hydrogen-bond donors (Lipinski definition) is 1. The van der Waals surface area contributed by atoms with Gasteiger partial charge in [0.15, 0.2) is 5.65 Å². The van der Waals surface area contributed by atoms with E-state index in [1.807, 2.05) is 0 Å². The predicted octanol–water partition coefficient (Wildman–Crippen LogP) is 0.929. The smallest absolute Gasteiger partial charge is 0.306 e. The lowest BCUT2D eigenvalue weighted by Crippen LogP contribution is -2.14. The Bertz CT molecular complexity index is 620. The summed E-state index contributed by atoms with van der Waals surface area (Å²) in [6.45, 7) is 1.79. The van der Waals surface area contributed by atoms with Crippen LogP contribution in [0.25, 0.3) is 5.65 Å². The van der Waals surface area contributed by atoms with E-state index in [0.29, 0.717) is 17.2 Å². The molecule has 19 heavy (non-hydrogen) atoms. The number of amides is 1. The molecule has 0 unspecified atom stereocenters. The molecule has 0 radical (unpaired) electrons. The van der Waals surface area contributed by atoms with E-state index in [2.05, 4.69) is 20.1 Å². The molecule has 1 N–H and O–H groups in total. The number of nitrogens with zero attached hydrogens (tertiary/aromatic N) is 3. The molecule has 7 heteroatoms. The molecule has 2 rings (SSSR count). The number of carbonyl (C=O) groups is 2. The number of esters is 1. The number of carbonyl (C=O) groups excluding carboxylic acids is 2. The first-order chi connectivity index (χ1) is 9.08. The van der Waals surface area contributed by atoms with Crippen LogP contribution in [-0.4, -0.2) is 33.6 Å². The largest absolute Gasteiger partial charge is 0.469 e. The first kappa shape index (κ1) is 13.0. The molecule has 0 bridgehead atoms. The second-order valence-electron chi connectivity index (χ2n) is 4.00. The number of fused-ring (bicyclic) bond motifs is 1. The van der Waals surface area contributed by atoms with Crippen LogP contribution < -0.4 is 5.32 Å². The number of ether oxygens (including phenoxy) is 1. The van der Waals surface area contributed by atoms with Gasteiger partial charge in [-0.1, -0.05) is 0 Å². The van der Waals surface area contributed by atoms with Crippen molar-refractivity contribution in [1.82, 2.24) is 14.6 Å². The molecule has 2 aromatic heterocycles. The molecule has 2 aromatic rings. The zero-order chi connectivity index (χ0) is 13.8. The van der Waals surface area contributed by atoms with Gasteiger partial charge in [0.2, 0.25) is 5.91 Å². The highest BCUT2D eigenvalue weighted by molar-refractivity contribution is 5.92. The fourth-order valence-electron chi connectivity index (χ4n) is 1.61. The molecule has 0 aliphatic heterocycles. The third kappa shape index (κ3) is 3.27. The Kier molecular flexibility index (Phi) is 3.74. The van der Waals surface area contributed by atoms with Crippen LogP contribution in [0.4, 0.5) is 5.69 Å². The van der Waals surface area contributed by atoms with Crippen molar-refractivity contribution in [2.75, 3.05) is 12.4 Å². The Morgan fingerprint density at radius 3 is 2.89 bits per heavy atom. The summed E-state index contributed by atoms with van der Waals surface area (Å²) in [6, 6.07) is 3.50. The minimum Gasteiger partial charge on any atom is -0.469 e. The second kappa shape index (κ2) is 5.47. The summed E-state index contributed by atoms with van der Waals surface area (Å²) in [5, 5.41) is 6.84. The van der Waals surface area contributed by atoms with Gasteiger partial charge in [-0.2, -0.15) is 5.10 Å². The van der Waals surface area contributed by atoms with E-state index in [0.717, 1.165) is 0 Å². The fraction of sp³-hybridized carbons (Fsp3) is 0.333. The van der Waals surface area contributed by atoms with E-state index in [-0.39, 0.29) is 18.7 Å². The maximum Gasteiger partial charge on any atom is 0.306 e. The van der Waals surface area contributed by atoms with Crippen molar-refractivity contribution in [3.05, 3.63) is 24.2 Å². The average Bonchev–Trinajstić information content (AvgIpc) is 2.75. The maximum absolute atomic E-state index is 11.6. The quantitative estimate of drug-likeness (QED) is 0.828. The van der Waals surface area contributed by atoms with Crippen LogP contribution in [0.1, 0.15) is 18.7 Å². The Balaban J connectivity index is 2.00. The molecule has 2 heterocycles. The maximum atomic E-state index is 11.6. The average molecular weight is 262 g/mol. The third-order valence-electron chi connectivity index (χ3n) is 2.50. The van der Waals surface area contributed by atoms with Gasteiger partial charge in [-0.25, -0.2) is 9.50 Å². The summed E-state index contributed by atoms with van der Waals surface area (Å²) < 4.78 is 6.06. The summed E-state index contributed by atoms with van der Waals surface area (Å²) in [6.07, 6.45) is 1.82. The molecule has 0 atom stereocenters. The van der Waals surface area contributed by atoms with Gasteiger partial charge in [-0.3, -0.25) is 9.59 Å². The third-order valence-corrected chi connectivity index (χ3v) is 2.50. The highest BCUT2D eigenvalue weighted by atomic mass is 16.5. The van der Waals surface area contributed by atoms with Crippen LogP contribution in [0.2, 0.25) is 0 Å². The number of aryl methyl sites for hydroxylation is 1. The number of methoxy groups -OCH3 is 1. The molecule has 0 aliphatic rings. The van der Waals surface area contributed by atoms with Gasteiger partial charge in [0.25, 0.3) is 0 Å². The highest BCUT2D eigenvalue weighted by Crippen LogP contribution is 2.10. The first-order valence-corrected chi connectivity index (χ1v) is 5.78. The van der Waals surface area contributed by atoms with Crippen LogP contribution in [-0.2, 0) is 14.3 Å². The van der Waals surface area contributed by atoms with E-state index >= 15 is 0 Å². The number of hydrogen-bond acceptors (Lipinski definition) is 5. The van der Waals surface area contributed by atoms with Crippen LogP contribution in [0.15, 0.2) is 18.3 Å². The van der Waals surface area contributed by atoms with Gasteiger partial charge in [0.05, 0.1) is 25.4 Å². The number of aromatic nitrogens is 3. The predicted molar refractivity (Wildman–Crippen MR) is 67.6 cm³/mol. The summed E-state index contributed by atoms with van der Waals surface area (Å²) in [4.78, 5) is 26.7. The number of anilines is 1. The number of rotatable bonds is 4. The van der Waals surface area contributed by atoms with Crippen molar-refractivity contribution in [2.45, 2.75) is 19.8 Å². The van der Waals surface area contributed by atoms with Crippen molar-refractivity contribution >= 4 is 23.2 Å². The van der Waals surface area contributed by atoms with Crippen LogP contribution in [0, 0.1) is 6.92 Å². The van der Waals surface area contributed by atoms with Gasteiger partial charge in [0.1, 0.15) is 5.82 Å². The van der Waals surface area contributed by atoms with Crippen molar-refractivity contribution in [2.24, 2.45) is 0 Å². The van der Waals surface area contributed by atoms with E-state index < -0.39 is 5.97 Å². The van der Waals surface area contributed by atoms with Gasteiger partial charge in [-0.05, 0) is 19.1 Å². The summed E-state index contributed by atoms with van der Waals surface area (Å²) >= 11 is 0. The lowest BCUT2D eigenvalue weighted by molar-refractivity contribution is -0.141. The molecule has 0 aromatic carbocycles. The second-order valence-corrected chi connectivity index (χ2v) is 4.00. The van der Waals surface area contributed by atoms with Crippen molar-refractivity contribution in [3.8, 4) is 0 Å². The summed E-state index contributed by atoms with van der Waals surface area (Å²) in [5.74, 6) is 0.00765. The number of pyridine rings is 1. The Morgan fingerprint density at radius 1 is 1.37 bits per heavy atom. The molecule has 0 spiro atoms. The van der Waals surface area contributed by atoms with Gasteiger partial charge in [0, 0.05) is 6.42 Å². The highest BCUT2D eigenvalue weighted by Gasteiger charge is 2.08. The Hall–Kier alpha value is -2.44. The first-order valence-electron chi connectivity index (χ1n) is 5.78. The lowest BCUT2D eigenvalue weighted by atomic mass is 10.3. The zero-order valence-electron chi connectivity index (χ0n) is 10.7. The van der Waals surface area contributed by atoms with Crippen LogP contribution >= 0.6 is 0 Å². The van der Waals surface area contributed by atoms with E-state index in [9.17, 15) is 9.59 Å². The lowest BCUT2D eigenvalue weighted by Gasteiger charge is -2.04. The van der Waals surface area contributed by atoms with E-state index in [4.69, 9.17) is 0 Å². The minimum atomic E-state index is -0.405. The monoisotopic (exact) mass is 262 g/mol. The molecular formula is C12H14N4O3. The molecule has 0 fully saturated rings. The van der Waals surface area contributed by atoms with E-state index in [1.165, 1.54) is 7.11 Å². The van der Waals surface area contributed by atoms with Crippen molar-refractivity contribution in [3.63, 3.8) is 0 Å². The number of nitrogens with one attached hydrogen (secondary N) is 1. The Morgan fingerprint density at radius 2 is 2.16 bits per heavy atom. The molecule has 0 saturated heterocycles. The fourth-order valence-corrected chi connectivity index (χ4v) is 1.61. The molecule has 1 amide bonds. The SMILES string of the molecule is COC(=O)CCC(=O)Nc1ccc2nc(C)nn2c1. The standard InChI is InChI=1S/C12H14N4O3/c1-8-13-10-4-3-9(7-16(10)15-8)14-11(17)5-6-12(18)19-2/h3-4,7H,5-6H2,1-2H3,(H,14,17). The topological polar surface area (TPSA) is 85.6 Å². The van der Waals surface area contributed by atoms with Crippen molar-refractivity contribution in [1.29, 1.82) is 0 Å².